The Morgan fingerprint density at radius 3 is 2.85 bits per heavy atom. The molecular weight excluding hydrogens is 274 g/mol. The molecule has 1 aliphatic rings. The van der Waals surface area contributed by atoms with E-state index in [9.17, 15) is 4.79 Å². The zero-order chi connectivity index (χ0) is 14.1. The zero-order valence-electron chi connectivity index (χ0n) is 11.6. The normalized spacial score (nSPS) is 16.8. The summed E-state index contributed by atoms with van der Waals surface area (Å²) in [5, 5.41) is 5.78. The van der Waals surface area contributed by atoms with Gasteiger partial charge in [0, 0.05) is 20.1 Å². The van der Waals surface area contributed by atoms with Gasteiger partial charge in [0.25, 0.3) is 0 Å². The number of amides is 1. The molecule has 0 radical (unpaired) electrons. The fourth-order valence-electron chi connectivity index (χ4n) is 2.45. The summed E-state index contributed by atoms with van der Waals surface area (Å²) in [5.74, 6) is 0.197. The van der Waals surface area contributed by atoms with E-state index in [1.54, 1.807) is 10.9 Å². The second-order valence-corrected chi connectivity index (χ2v) is 6.31. The Hall–Kier alpha value is -1.63. The first-order valence-corrected chi connectivity index (χ1v) is 7.63. The van der Waals surface area contributed by atoms with Crippen LogP contribution in [0.1, 0.15) is 19.8 Å². The molecule has 1 atom stereocenters. The van der Waals surface area contributed by atoms with Crippen LogP contribution in [-0.4, -0.2) is 48.9 Å². The molecule has 20 heavy (non-hydrogen) atoms. The lowest BCUT2D eigenvalue weighted by Crippen LogP contribution is -2.34. The summed E-state index contributed by atoms with van der Waals surface area (Å²) in [6.45, 7) is 3.71. The number of likely N-dealkylation sites (tertiary alicyclic amines) is 1. The summed E-state index contributed by atoms with van der Waals surface area (Å²) in [6.07, 6.45) is 5.51. The maximum atomic E-state index is 12.3. The molecule has 106 valence electrons. The molecule has 7 heteroatoms. The maximum Gasteiger partial charge on any atom is 0.235 e. The zero-order valence-corrected chi connectivity index (χ0v) is 12.4. The van der Waals surface area contributed by atoms with Crippen molar-refractivity contribution in [3.63, 3.8) is 0 Å². The number of hydrogen-bond acceptors (Lipinski definition) is 5. The highest BCUT2D eigenvalue weighted by Gasteiger charge is 2.25. The minimum absolute atomic E-state index is 0.133. The third kappa shape index (κ3) is 2.37. The molecule has 1 saturated heterocycles. The average molecular weight is 291 g/mol. The fraction of sp³-hybridized carbons (Fsp3) is 0.538. The lowest BCUT2D eigenvalue weighted by Gasteiger charge is -2.19. The van der Waals surface area contributed by atoms with Crippen LogP contribution in [0.2, 0.25) is 0 Å². The summed E-state index contributed by atoms with van der Waals surface area (Å²) in [4.78, 5) is 22.8. The van der Waals surface area contributed by atoms with Crippen molar-refractivity contribution in [1.29, 1.82) is 0 Å². The van der Waals surface area contributed by atoms with E-state index in [0.717, 1.165) is 42.0 Å². The van der Waals surface area contributed by atoms with Gasteiger partial charge >= 0.3 is 0 Å². The number of nitrogens with zero attached hydrogens (tertiary/aromatic N) is 5. The Morgan fingerprint density at radius 1 is 1.35 bits per heavy atom. The second-order valence-electron chi connectivity index (χ2n) is 4.98. The number of fused-ring (bicyclic) bond motifs is 1. The molecule has 1 fully saturated rings. The lowest BCUT2D eigenvalue weighted by atomic mass is 10.4. The van der Waals surface area contributed by atoms with Gasteiger partial charge in [-0.3, -0.25) is 9.48 Å². The first-order valence-electron chi connectivity index (χ1n) is 6.75. The van der Waals surface area contributed by atoms with Crippen LogP contribution in [0.4, 0.5) is 0 Å². The standard InChI is InChI=1S/C13H17N5OS/c1-9(13(19)18-5-3-4-6-18)20-12-10-7-16-17(2)11(10)14-8-15-12/h7-9H,3-6H2,1-2H3. The van der Waals surface area contributed by atoms with Crippen LogP contribution in [0.25, 0.3) is 11.0 Å². The summed E-state index contributed by atoms with van der Waals surface area (Å²) < 4.78 is 1.72. The Bertz CT molecular complexity index is 635. The van der Waals surface area contributed by atoms with Gasteiger partial charge in [-0.2, -0.15) is 5.10 Å². The van der Waals surface area contributed by atoms with Gasteiger partial charge in [-0.1, -0.05) is 11.8 Å². The summed E-state index contributed by atoms with van der Waals surface area (Å²) >= 11 is 1.49. The van der Waals surface area contributed by atoms with Gasteiger partial charge in [-0.05, 0) is 19.8 Å². The number of aryl methyl sites for hydroxylation is 1. The molecule has 0 N–H and O–H groups in total. The van der Waals surface area contributed by atoms with Gasteiger partial charge in [0.2, 0.25) is 5.91 Å². The SMILES string of the molecule is CC(Sc1ncnc2c1cnn2C)C(=O)N1CCCC1. The molecular formula is C13H17N5OS. The van der Waals surface area contributed by atoms with Gasteiger partial charge in [0.05, 0.1) is 16.8 Å². The minimum Gasteiger partial charge on any atom is -0.342 e. The Morgan fingerprint density at radius 2 is 2.10 bits per heavy atom. The third-order valence-corrected chi connectivity index (χ3v) is 4.65. The van der Waals surface area contributed by atoms with Gasteiger partial charge < -0.3 is 4.90 Å². The fourth-order valence-corrected chi connectivity index (χ4v) is 3.41. The van der Waals surface area contributed by atoms with E-state index in [2.05, 4.69) is 15.1 Å². The van der Waals surface area contributed by atoms with Crippen LogP contribution in [0.3, 0.4) is 0 Å². The maximum absolute atomic E-state index is 12.3. The summed E-state index contributed by atoms with van der Waals surface area (Å²) in [5.41, 5.74) is 0.795. The van der Waals surface area contributed by atoms with Crippen molar-refractivity contribution >= 4 is 28.7 Å². The number of carbonyl (C=O) groups is 1. The number of carbonyl (C=O) groups excluding carboxylic acids is 1. The first kappa shape index (κ1) is 13.4. The molecule has 2 aromatic rings. The summed E-state index contributed by atoms with van der Waals surface area (Å²) in [7, 11) is 1.85. The minimum atomic E-state index is -0.133. The van der Waals surface area contributed by atoms with E-state index in [-0.39, 0.29) is 11.2 Å². The molecule has 1 unspecified atom stereocenters. The third-order valence-electron chi connectivity index (χ3n) is 3.55. The van der Waals surface area contributed by atoms with Crippen molar-refractivity contribution < 1.29 is 4.79 Å². The number of rotatable bonds is 3. The Balaban J connectivity index is 1.80. The van der Waals surface area contributed by atoms with Crippen LogP contribution in [0.5, 0.6) is 0 Å². The van der Waals surface area contributed by atoms with Crippen molar-refractivity contribution in [3.8, 4) is 0 Å². The lowest BCUT2D eigenvalue weighted by molar-refractivity contribution is -0.129. The molecule has 1 amide bonds. The van der Waals surface area contributed by atoms with Crippen LogP contribution in [0, 0.1) is 0 Å². The molecule has 6 nitrogen and oxygen atoms in total. The first-order chi connectivity index (χ1) is 9.66. The quantitative estimate of drug-likeness (QED) is 0.633. The average Bonchev–Trinajstić information content (AvgIpc) is 3.09. The highest BCUT2D eigenvalue weighted by Crippen LogP contribution is 2.28. The van der Waals surface area contributed by atoms with Crippen molar-refractivity contribution in [1.82, 2.24) is 24.6 Å². The highest BCUT2D eigenvalue weighted by atomic mass is 32.2. The summed E-state index contributed by atoms with van der Waals surface area (Å²) in [6, 6.07) is 0. The molecule has 0 aliphatic carbocycles. The number of aromatic nitrogens is 4. The van der Waals surface area contributed by atoms with Crippen LogP contribution >= 0.6 is 11.8 Å². The van der Waals surface area contributed by atoms with E-state index >= 15 is 0 Å². The largest absolute Gasteiger partial charge is 0.342 e. The van der Waals surface area contributed by atoms with Gasteiger partial charge in [0.1, 0.15) is 11.4 Å². The van der Waals surface area contributed by atoms with Crippen molar-refractivity contribution in [3.05, 3.63) is 12.5 Å². The van der Waals surface area contributed by atoms with Crippen molar-refractivity contribution in [2.24, 2.45) is 7.05 Å². The van der Waals surface area contributed by atoms with Gasteiger partial charge in [0.15, 0.2) is 5.65 Å². The smallest absolute Gasteiger partial charge is 0.235 e. The van der Waals surface area contributed by atoms with E-state index in [1.165, 1.54) is 18.1 Å². The Labute approximate surface area is 121 Å². The van der Waals surface area contributed by atoms with Gasteiger partial charge in [-0.25, -0.2) is 9.97 Å². The predicted molar refractivity (Wildman–Crippen MR) is 77.4 cm³/mol. The molecule has 0 spiro atoms. The second kappa shape index (κ2) is 5.40. The van der Waals surface area contributed by atoms with Crippen LogP contribution in [-0.2, 0) is 11.8 Å². The van der Waals surface area contributed by atoms with Gasteiger partial charge in [-0.15, -0.1) is 0 Å². The van der Waals surface area contributed by atoms with Crippen molar-refractivity contribution in [2.75, 3.05) is 13.1 Å². The molecule has 2 aromatic heterocycles. The molecule has 3 heterocycles. The predicted octanol–water partition coefficient (Wildman–Crippen LogP) is 1.47. The molecule has 1 aliphatic heterocycles. The van der Waals surface area contributed by atoms with E-state index in [0.29, 0.717) is 0 Å². The van der Waals surface area contributed by atoms with E-state index < -0.39 is 0 Å². The monoisotopic (exact) mass is 291 g/mol. The Kier molecular flexibility index (Phi) is 3.60. The van der Waals surface area contributed by atoms with Crippen LogP contribution < -0.4 is 0 Å². The van der Waals surface area contributed by atoms with E-state index in [4.69, 9.17) is 0 Å². The molecule has 0 aromatic carbocycles. The van der Waals surface area contributed by atoms with E-state index in [1.807, 2.05) is 18.9 Å². The molecule has 0 saturated carbocycles. The van der Waals surface area contributed by atoms with Crippen molar-refractivity contribution in [2.45, 2.75) is 30.0 Å². The number of thioether (sulfide) groups is 1. The molecule has 3 rings (SSSR count). The highest BCUT2D eigenvalue weighted by molar-refractivity contribution is 8.00. The topological polar surface area (TPSA) is 63.9 Å². The van der Waals surface area contributed by atoms with Crippen LogP contribution in [0.15, 0.2) is 17.6 Å². The molecule has 0 bridgehead atoms. The number of hydrogen-bond donors (Lipinski definition) is 0.